The number of halogens is 1. The Hall–Kier alpha value is 0.178. The molecule has 0 atom stereocenters. The molecule has 0 aliphatic rings. The van der Waals surface area contributed by atoms with Crippen LogP contribution in [0.4, 0.5) is 0 Å². The fraction of sp³-hybridized carbons (Fsp3) is 0. The van der Waals surface area contributed by atoms with Gasteiger partial charge >= 0.3 is 21.1 Å². The van der Waals surface area contributed by atoms with Crippen LogP contribution in [0.1, 0.15) is 0 Å². The van der Waals surface area contributed by atoms with Gasteiger partial charge in [0, 0.05) is 0 Å². The van der Waals surface area contributed by atoms with Gasteiger partial charge in [0.15, 0.2) is 0 Å². The third-order valence-electron chi connectivity index (χ3n) is 0. The predicted molar refractivity (Wildman–Crippen MR) is 10.4 cm³/mol. The first-order valence-corrected chi connectivity index (χ1v) is 0.548. The SMILES string of the molecule is O=[N+]([O-])[O-].[Cl-].[Mo+2]. The zero-order chi connectivity index (χ0) is 3.58. The summed E-state index contributed by atoms with van der Waals surface area (Å²) in [6.45, 7) is 0. The minimum absolute atomic E-state index is 0. The Kier molecular flexibility index (Phi) is 24.5. The van der Waals surface area contributed by atoms with Crippen molar-refractivity contribution in [3.8, 4) is 0 Å². The van der Waals surface area contributed by atoms with Crippen molar-refractivity contribution in [2.24, 2.45) is 0 Å². The van der Waals surface area contributed by atoms with E-state index in [0.29, 0.717) is 0 Å². The second-order valence-corrected chi connectivity index (χ2v) is 0.224. The molecule has 0 fully saturated rings. The maximum atomic E-state index is 8.25. The van der Waals surface area contributed by atoms with Gasteiger partial charge in [0.2, 0.25) is 0 Å². The van der Waals surface area contributed by atoms with Gasteiger partial charge in [-0.05, 0) is 0 Å². The Morgan fingerprint density at radius 1 is 1.33 bits per heavy atom. The Balaban J connectivity index is -0.0000000450. The van der Waals surface area contributed by atoms with Crippen LogP contribution in [0.25, 0.3) is 0 Å². The molecule has 0 aliphatic carbocycles. The van der Waals surface area contributed by atoms with E-state index in [-0.39, 0.29) is 33.5 Å². The van der Waals surface area contributed by atoms with Gasteiger partial charge in [0.05, 0.1) is 5.09 Å². The number of rotatable bonds is 0. The second kappa shape index (κ2) is 8.95. The van der Waals surface area contributed by atoms with Crippen molar-refractivity contribution in [1.82, 2.24) is 0 Å². The molecular weight excluding hydrogens is 193 g/mol. The van der Waals surface area contributed by atoms with Crippen molar-refractivity contribution in [2.75, 3.05) is 0 Å². The molecule has 4 nitrogen and oxygen atoms in total. The van der Waals surface area contributed by atoms with Crippen LogP contribution in [0.3, 0.4) is 0 Å². The molecule has 0 radical (unpaired) electrons. The van der Waals surface area contributed by atoms with Gasteiger partial charge in [-0.15, -0.1) is 0 Å². The molecule has 0 aromatic heterocycles. The van der Waals surface area contributed by atoms with Crippen LogP contribution in [-0.2, 0) is 21.1 Å². The predicted octanol–water partition coefficient (Wildman–Crippen LogP) is -3.24. The zero-order valence-electron chi connectivity index (χ0n) is 2.46. The van der Waals surface area contributed by atoms with Crippen LogP contribution in [-0.4, -0.2) is 5.09 Å². The summed E-state index contributed by atoms with van der Waals surface area (Å²) in [7, 11) is 0. The van der Waals surface area contributed by atoms with Crippen molar-refractivity contribution < 1.29 is 38.6 Å². The first-order chi connectivity index (χ1) is 1.73. The van der Waals surface area contributed by atoms with Gasteiger partial charge in [-0.1, -0.05) is 0 Å². The average Bonchev–Trinajstić information content (AvgIpc) is 0.811. The minimum Gasteiger partial charge on any atom is -1.00 e. The first kappa shape index (κ1) is 16.4. The van der Waals surface area contributed by atoms with Crippen molar-refractivity contribution in [3.05, 3.63) is 15.3 Å². The van der Waals surface area contributed by atoms with E-state index in [4.69, 9.17) is 15.3 Å². The number of hydrogen-bond donors (Lipinski definition) is 0. The van der Waals surface area contributed by atoms with E-state index in [0.717, 1.165) is 0 Å². The van der Waals surface area contributed by atoms with Crippen molar-refractivity contribution in [3.63, 3.8) is 0 Å². The van der Waals surface area contributed by atoms with E-state index in [2.05, 4.69) is 0 Å². The second-order valence-electron chi connectivity index (χ2n) is 0.224. The fourth-order valence-electron chi connectivity index (χ4n) is 0. The standard InChI is InChI=1S/ClH.Mo.NO3/c;;2-1(3)4/h1H;;/q;+2;-1/p-1. The Labute approximate surface area is 54.3 Å². The largest absolute Gasteiger partial charge is 2.00 e. The number of hydrogen-bond acceptors (Lipinski definition) is 3. The molecule has 0 aromatic rings. The first-order valence-electron chi connectivity index (χ1n) is 0.548. The summed E-state index contributed by atoms with van der Waals surface area (Å²) in [5, 5.41) is 14.8. The molecule has 0 aliphatic heterocycles. The monoisotopic (exact) mass is 195 g/mol. The molecule has 0 bridgehead atoms. The molecule has 6 heteroatoms. The summed E-state index contributed by atoms with van der Waals surface area (Å²) >= 11 is 0. The van der Waals surface area contributed by atoms with Gasteiger partial charge in [-0.3, -0.25) is 0 Å². The quantitative estimate of drug-likeness (QED) is 0.231. The molecule has 0 N–H and O–H groups in total. The minimum atomic E-state index is -1.75. The van der Waals surface area contributed by atoms with Gasteiger partial charge in [0.1, 0.15) is 0 Å². The molecular formula is ClMoNO3. The third-order valence-corrected chi connectivity index (χ3v) is 0. The molecule has 0 rings (SSSR count). The summed E-state index contributed by atoms with van der Waals surface area (Å²) in [6.07, 6.45) is 0. The smallest absolute Gasteiger partial charge is 1.00 e. The Bertz CT molecular complexity index is 33.8. The average molecular weight is 193 g/mol. The van der Waals surface area contributed by atoms with Gasteiger partial charge < -0.3 is 27.7 Å². The molecule has 0 unspecified atom stereocenters. The Morgan fingerprint density at radius 3 is 1.33 bits per heavy atom. The third kappa shape index (κ3) is 1330. The molecule has 36 valence electrons. The summed E-state index contributed by atoms with van der Waals surface area (Å²) < 4.78 is 0. The van der Waals surface area contributed by atoms with E-state index in [1.54, 1.807) is 0 Å². The van der Waals surface area contributed by atoms with Crippen LogP contribution >= 0.6 is 0 Å². The fourth-order valence-corrected chi connectivity index (χ4v) is 0. The molecule has 0 aromatic carbocycles. The van der Waals surface area contributed by atoms with Crippen LogP contribution in [0.2, 0.25) is 0 Å². The van der Waals surface area contributed by atoms with Crippen LogP contribution in [0, 0.1) is 15.3 Å². The normalized spacial score (nSPS) is 4.00. The molecule has 6 heavy (non-hydrogen) atoms. The molecule has 0 amide bonds. The maximum absolute atomic E-state index is 8.25. The van der Waals surface area contributed by atoms with Crippen LogP contribution in [0.15, 0.2) is 0 Å². The summed E-state index contributed by atoms with van der Waals surface area (Å²) in [6, 6.07) is 0. The topological polar surface area (TPSA) is 66.2 Å². The maximum Gasteiger partial charge on any atom is 2.00 e. The van der Waals surface area contributed by atoms with Crippen molar-refractivity contribution >= 4 is 0 Å². The molecule has 0 spiro atoms. The summed E-state index contributed by atoms with van der Waals surface area (Å²) in [5.74, 6) is 0. The molecule has 0 heterocycles. The van der Waals surface area contributed by atoms with E-state index >= 15 is 0 Å². The van der Waals surface area contributed by atoms with Crippen LogP contribution < -0.4 is 12.4 Å². The summed E-state index contributed by atoms with van der Waals surface area (Å²) in [5.41, 5.74) is 0. The van der Waals surface area contributed by atoms with Crippen LogP contribution in [0.5, 0.6) is 0 Å². The number of nitrogens with zero attached hydrogens (tertiary/aromatic N) is 1. The van der Waals surface area contributed by atoms with E-state index in [1.165, 1.54) is 0 Å². The zero-order valence-corrected chi connectivity index (χ0v) is 5.22. The summed E-state index contributed by atoms with van der Waals surface area (Å²) in [4.78, 5) is 8.25. The van der Waals surface area contributed by atoms with Crippen molar-refractivity contribution in [1.29, 1.82) is 0 Å². The van der Waals surface area contributed by atoms with Gasteiger partial charge in [-0.2, -0.15) is 0 Å². The Morgan fingerprint density at radius 2 is 1.33 bits per heavy atom. The van der Waals surface area contributed by atoms with Crippen molar-refractivity contribution in [2.45, 2.75) is 0 Å². The van der Waals surface area contributed by atoms with E-state index < -0.39 is 5.09 Å². The molecule has 0 saturated carbocycles. The molecule has 0 saturated heterocycles. The van der Waals surface area contributed by atoms with Gasteiger partial charge in [0.25, 0.3) is 0 Å². The van der Waals surface area contributed by atoms with Gasteiger partial charge in [-0.25, -0.2) is 0 Å². The van der Waals surface area contributed by atoms with E-state index in [9.17, 15) is 0 Å². The van der Waals surface area contributed by atoms with E-state index in [1.807, 2.05) is 0 Å².